The van der Waals surface area contributed by atoms with Crippen LogP contribution in [0.5, 0.6) is 23.1 Å². The van der Waals surface area contributed by atoms with Gasteiger partial charge in [-0.3, -0.25) is 0 Å². The number of pyridine rings is 1. The monoisotopic (exact) mass is 554 g/mol. The van der Waals surface area contributed by atoms with E-state index in [2.05, 4.69) is 44.1 Å². The standard InChI is InChI=1S/C32H34N4O5/c1-37-27-6-3-5-24(17-27)21-36(22-25-9-10-30-31(18-25)35-23-34-30)26-11-12-33-32(19-26)41-16-14-39-13-15-40-29-8-4-7-28(20-29)38-2/h3-12,17-20,23H,13-16,21-22H2,1-2H3,(H,34,35). The largest absolute Gasteiger partial charge is 0.497 e. The molecule has 0 aliphatic carbocycles. The topological polar surface area (TPSA) is 91.0 Å². The van der Waals surface area contributed by atoms with Gasteiger partial charge in [-0.1, -0.05) is 24.3 Å². The second-order valence-corrected chi connectivity index (χ2v) is 9.30. The summed E-state index contributed by atoms with van der Waals surface area (Å²) in [6, 6.07) is 25.8. The van der Waals surface area contributed by atoms with Gasteiger partial charge >= 0.3 is 0 Å². The van der Waals surface area contributed by atoms with Crippen LogP contribution >= 0.6 is 0 Å². The van der Waals surface area contributed by atoms with Crippen LogP contribution in [0.15, 0.2) is 91.4 Å². The minimum Gasteiger partial charge on any atom is -0.497 e. The third-order valence-corrected chi connectivity index (χ3v) is 6.46. The fourth-order valence-electron chi connectivity index (χ4n) is 4.42. The number of aromatic nitrogens is 3. The molecule has 0 atom stereocenters. The molecule has 0 fully saturated rings. The number of nitrogens with zero attached hydrogens (tertiary/aromatic N) is 3. The molecule has 5 rings (SSSR count). The molecule has 5 aromatic rings. The van der Waals surface area contributed by atoms with Crippen molar-refractivity contribution in [3.05, 3.63) is 103 Å². The van der Waals surface area contributed by atoms with E-state index in [4.69, 9.17) is 23.7 Å². The van der Waals surface area contributed by atoms with E-state index >= 15 is 0 Å². The SMILES string of the molecule is COc1cccc(CN(Cc2ccc3nc[nH]c3c2)c2ccnc(OCCOCCOc3cccc(OC)c3)c2)c1. The first-order valence-electron chi connectivity index (χ1n) is 13.4. The maximum absolute atomic E-state index is 5.92. The minimum absolute atomic E-state index is 0.377. The predicted octanol–water partition coefficient (Wildman–Crippen LogP) is 5.66. The Kier molecular flexibility index (Phi) is 9.52. The van der Waals surface area contributed by atoms with Crippen molar-refractivity contribution < 1.29 is 23.7 Å². The lowest BCUT2D eigenvalue weighted by Crippen LogP contribution is -2.22. The minimum atomic E-state index is 0.377. The summed E-state index contributed by atoms with van der Waals surface area (Å²) in [5, 5.41) is 0. The fourth-order valence-corrected chi connectivity index (χ4v) is 4.42. The summed E-state index contributed by atoms with van der Waals surface area (Å²) < 4.78 is 28.0. The highest BCUT2D eigenvalue weighted by atomic mass is 16.5. The molecule has 0 unspecified atom stereocenters. The molecule has 1 N–H and O–H groups in total. The molecule has 3 aromatic carbocycles. The van der Waals surface area contributed by atoms with Gasteiger partial charge in [0.05, 0.1) is 44.8 Å². The van der Waals surface area contributed by atoms with Crippen molar-refractivity contribution in [2.75, 3.05) is 45.5 Å². The van der Waals surface area contributed by atoms with Crippen molar-refractivity contribution in [2.24, 2.45) is 0 Å². The number of methoxy groups -OCH3 is 2. The Balaban J connectivity index is 1.18. The zero-order valence-electron chi connectivity index (χ0n) is 23.3. The van der Waals surface area contributed by atoms with Crippen molar-refractivity contribution in [3.63, 3.8) is 0 Å². The Morgan fingerprint density at radius 3 is 2.24 bits per heavy atom. The van der Waals surface area contributed by atoms with Crippen LogP contribution in [0.25, 0.3) is 11.0 Å². The van der Waals surface area contributed by atoms with E-state index < -0.39 is 0 Å². The third-order valence-electron chi connectivity index (χ3n) is 6.46. The number of rotatable bonds is 15. The zero-order valence-corrected chi connectivity index (χ0v) is 23.3. The number of ether oxygens (including phenoxy) is 5. The molecule has 212 valence electrons. The normalized spacial score (nSPS) is 10.9. The Morgan fingerprint density at radius 2 is 1.41 bits per heavy atom. The molecule has 0 saturated carbocycles. The first kappa shape index (κ1) is 27.8. The average molecular weight is 555 g/mol. The summed E-state index contributed by atoms with van der Waals surface area (Å²) in [5.41, 5.74) is 5.25. The number of anilines is 1. The second kappa shape index (κ2) is 14.0. The van der Waals surface area contributed by atoms with Crippen molar-refractivity contribution in [1.29, 1.82) is 0 Å². The van der Waals surface area contributed by atoms with Gasteiger partial charge in [0, 0.05) is 37.1 Å². The van der Waals surface area contributed by atoms with Crippen molar-refractivity contribution >= 4 is 16.7 Å². The average Bonchev–Trinajstić information content (AvgIpc) is 3.49. The molecule has 0 bridgehead atoms. The summed E-state index contributed by atoms with van der Waals surface area (Å²) in [6.45, 7) is 3.05. The van der Waals surface area contributed by atoms with Gasteiger partial charge in [-0.15, -0.1) is 0 Å². The number of aromatic amines is 1. The number of fused-ring (bicyclic) bond motifs is 1. The van der Waals surface area contributed by atoms with E-state index in [-0.39, 0.29) is 0 Å². The number of hydrogen-bond acceptors (Lipinski definition) is 8. The third kappa shape index (κ3) is 7.89. The van der Waals surface area contributed by atoms with Crippen molar-refractivity contribution in [1.82, 2.24) is 15.0 Å². The number of imidazole rings is 1. The molecule has 0 saturated heterocycles. The summed E-state index contributed by atoms with van der Waals surface area (Å²) >= 11 is 0. The molecular formula is C32H34N4O5. The predicted molar refractivity (Wildman–Crippen MR) is 158 cm³/mol. The molecule has 0 radical (unpaired) electrons. The van der Waals surface area contributed by atoms with Crippen LogP contribution in [0.3, 0.4) is 0 Å². The van der Waals surface area contributed by atoms with Gasteiger partial charge in [-0.25, -0.2) is 9.97 Å². The second-order valence-electron chi connectivity index (χ2n) is 9.30. The summed E-state index contributed by atoms with van der Waals surface area (Å²) in [6.07, 6.45) is 3.48. The first-order chi connectivity index (χ1) is 20.2. The van der Waals surface area contributed by atoms with Crippen molar-refractivity contribution in [3.8, 4) is 23.1 Å². The maximum Gasteiger partial charge on any atom is 0.215 e. The lowest BCUT2D eigenvalue weighted by Gasteiger charge is -2.26. The zero-order chi connectivity index (χ0) is 28.3. The molecule has 2 aromatic heterocycles. The van der Waals surface area contributed by atoms with Gasteiger partial charge in [0.15, 0.2) is 0 Å². The number of nitrogens with one attached hydrogen (secondary N) is 1. The lowest BCUT2D eigenvalue weighted by atomic mass is 10.1. The van der Waals surface area contributed by atoms with E-state index in [0.29, 0.717) is 45.4 Å². The molecular weight excluding hydrogens is 520 g/mol. The van der Waals surface area contributed by atoms with Crippen LogP contribution in [-0.2, 0) is 17.8 Å². The van der Waals surface area contributed by atoms with Gasteiger partial charge in [-0.2, -0.15) is 0 Å². The highest BCUT2D eigenvalue weighted by Gasteiger charge is 2.12. The van der Waals surface area contributed by atoms with E-state index in [1.807, 2.05) is 54.6 Å². The number of H-pyrrole nitrogens is 1. The summed E-state index contributed by atoms with van der Waals surface area (Å²) in [7, 11) is 3.31. The van der Waals surface area contributed by atoms with Crippen molar-refractivity contribution in [2.45, 2.75) is 13.1 Å². The lowest BCUT2D eigenvalue weighted by molar-refractivity contribution is 0.0753. The summed E-state index contributed by atoms with van der Waals surface area (Å²) in [5.74, 6) is 2.87. The Morgan fingerprint density at radius 1 is 0.683 bits per heavy atom. The van der Waals surface area contributed by atoms with Gasteiger partial charge in [-0.05, 0) is 53.6 Å². The first-order valence-corrected chi connectivity index (χ1v) is 13.4. The highest BCUT2D eigenvalue weighted by molar-refractivity contribution is 5.75. The quantitative estimate of drug-likeness (QED) is 0.166. The van der Waals surface area contributed by atoms with Crippen LogP contribution in [0.2, 0.25) is 0 Å². The fraction of sp³-hybridized carbons (Fsp3) is 0.250. The molecule has 9 heteroatoms. The Hall–Kier alpha value is -4.76. The molecule has 9 nitrogen and oxygen atoms in total. The highest BCUT2D eigenvalue weighted by Crippen LogP contribution is 2.25. The van der Waals surface area contributed by atoms with Gasteiger partial charge in [0.25, 0.3) is 0 Å². The Bertz CT molecular complexity index is 1540. The smallest absolute Gasteiger partial charge is 0.215 e. The maximum atomic E-state index is 5.92. The Labute approximate surface area is 239 Å². The molecule has 0 aliphatic rings. The van der Waals surface area contributed by atoms with Gasteiger partial charge in [0.2, 0.25) is 5.88 Å². The van der Waals surface area contributed by atoms with Crippen LogP contribution in [0.1, 0.15) is 11.1 Å². The molecule has 0 amide bonds. The van der Waals surface area contributed by atoms with E-state index in [1.54, 1.807) is 26.7 Å². The van der Waals surface area contributed by atoms with Gasteiger partial charge < -0.3 is 33.6 Å². The van der Waals surface area contributed by atoms with E-state index in [9.17, 15) is 0 Å². The molecule has 0 spiro atoms. The number of hydrogen-bond donors (Lipinski definition) is 1. The van der Waals surface area contributed by atoms with Crippen LogP contribution in [0, 0.1) is 0 Å². The summed E-state index contributed by atoms with van der Waals surface area (Å²) in [4.78, 5) is 14.2. The number of benzene rings is 3. The van der Waals surface area contributed by atoms with Crippen LogP contribution < -0.4 is 23.8 Å². The van der Waals surface area contributed by atoms with Crippen LogP contribution in [-0.4, -0.2) is 55.6 Å². The van der Waals surface area contributed by atoms with E-state index in [0.717, 1.165) is 45.1 Å². The van der Waals surface area contributed by atoms with Crippen LogP contribution in [0.4, 0.5) is 5.69 Å². The molecule has 41 heavy (non-hydrogen) atoms. The molecule has 0 aliphatic heterocycles. The van der Waals surface area contributed by atoms with E-state index in [1.165, 1.54) is 0 Å². The van der Waals surface area contributed by atoms with Gasteiger partial charge in [0.1, 0.15) is 30.5 Å². The molecule has 2 heterocycles.